The number of rotatable bonds is 5. The van der Waals surface area contributed by atoms with Gasteiger partial charge in [0.1, 0.15) is 4.92 Å². The van der Waals surface area contributed by atoms with Crippen LogP contribution in [0, 0.1) is 10.1 Å². The fourth-order valence-electron chi connectivity index (χ4n) is 1.64. The average Bonchev–Trinajstić information content (AvgIpc) is 2.97. The summed E-state index contributed by atoms with van der Waals surface area (Å²) in [4.78, 5) is 11.7. The summed E-state index contributed by atoms with van der Waals surface area (Å²) in [5, 5.41) is 25.5. The van der Waals surface area contributed by atoms with E-state index in [-0.39, 0.29) is 18.3 Å². The minimum atomic E-state index is -0.610. The third-order valence-electron chi connectivity index (χ3n) is 2.56. The molecule has 1 aliphatic rings. The maximum absolute atomic E-state index is 10.4. The molecular weight excluding hydrogens is 272 g/mol. The minimum Gasteiger partial charge on any atom is -0.400 e. The standard InChI is InChI=1S/C10H12N4O4S/c15-6-5-12-3-4-13(10(12)19)11-7-8-1-2-9(18-8)14(16)17/h1-2,7,15H,3-6H2/b11-7+. The Hall–Kier alpha value is -2.00. The number of hydrogen-bond donors (Lipinski definition) is 1. The van der Waals surface area contributed by atoms with Crippen LogP contribution >= 0.6 is 12.2 Å². The molecule has 0 aromatic carbocycles. The molecule has 0 amide bonds. The van der Waals surface area contributed by atoms with Crippen LogP contribution in [0.3, 0.4) is 0 Å². The Bertz CT molecular complexity index is 515. The third-order valence-corrected chi connectivity index (χ3v) is 3.03. The smallest absolute Gasteiger partial charge is 0.400 e. The second-order valence-corrected chi connectivity index (χ2v) is 4.16. The van der Waals surface area contributed by atoms with Crippen LogP contribution in [0.1, 0.15) is 5.76 Å². The Labute approximate surface area is 114 Å². The molecule has 9 heteroatoms. The Morgan fingerprint density at radius 1 is 1.58 bits per heavy atom. The Kier molecular flexibility index (Phi) is 4.07. The maximum Gasteiger partial charge on any atom is 0.433 e. The van der Waals surface area contributed by atoms with Crippen LogP contribution in [-0.2, 0) is 0 Å². The van der Waals surface area contributed by atoms with E-state index in [1.165, 1.54) is 18.3 Å². The molecule has 2 heterocycles. The van der Waals surface area contributed by atoms with Crippen molar-refractivity contribution >= 4 is 29.4 Å². The summed E-state index contributed by atoms with van der Waals surface area (Å²) < 4.78 is 4.94. The van der Waals surface area contributed by atoms with Crippen LogP contribution < -0.4 is 0 Å². The van der Waals surface area contributed by atoms with Crippen LogP contribution in [0.25, 0.3) is 0 Å². The van der Waals surface area contributed by atoms with E-state index < -0.39 is 4.92 Å². The molecule has 1 N–H and O–H groups in total. The van der Waals surface area contributed by atoms with Crippen LogP contribution in [-0.4, -0.2) is 57.5 Å². The topological polar surface area (TPSA) is 95.4 Å². The summed E-state index contributed by atoms with van der Waals surface area (Å²) >= 11 is 5.18. The summed E-state index contributed by atoms with van der Waals surface area (Å²) in [6.07, 6.45) is 1.38. The molecule has 1 aliphatic heterocycles. The Balaban J connectivity index is 1.99. The molecule has 0 radical (unpaired) electrons. The molecule has 0 saturated carbocycles. The van der Waals surface area contributed by atoms with E-state index in [0.717, 1.165) is 0 Å². The second-order valence-electron chi connectivity index (χ2n) is 3.79. The molecule has 1 aromatic rings. The van der Waals surface area contributed by atoms with Crippen LogP contribution in [0.4, 0.5) is 5.88 Å². The molecule has 8 nitrogen and oxygen atoms in total. The quantitative estimate of drug-likeness (QED) is 0.362. The normalized spacial score (nSPS) is 15.7. The van der Waals surface area contributed by atoms with E-state index in [1.807, 2.05) is 4.90 Å². The lowest BCUT2D eigenvalue weighted by atomic mass is 10.5. The van der Waals surface area contributed by atoms with Crippen molar-refractivity contribution in [3.05, 3.63) is 28.0 Å². The van der Waals surface area contributed by atoms with Crippen molar-refractivity contribution < 1.29 is 14.4 Å². The Morgan fingerprint density at radius 2 is 2.37 bits per heavy atom. The molecule has 0 spiro atoms. The van der Waals surface area contributed by atoms with E-state index >= 15 is 0 Å². The largest absolute Gasteiger partial charge is 0.433 e. The molecule has 1 fully saturated rings. The van der Waals surface area contributed by atoms with Gasteiger partial charge in [0.25, 0.3) is 0 Å². The molecule has 0 bridgehead atoms. The second kappa shape index (κ2) is 5.76. The number of thiocarbonyl (C=S) groups is 1. The number of nitro groups is 1. The van der Waals surface area contributed by atoms with Gasteiger partial charge in [-0.1, -0.05) is 0 Å². The lowest BCUT2D eigenvalue weighted by Crippen LogP contribution is -2.31. The number of β-amino-alcohol motifs (C(OH)–C–C–N with tert-alkyl or cyclic N) is 1. The van der Waals surface area contributed by atoms with Gasteiger partial charge in [0, 0.05) is 13.1 Å². The van der Waals surface area contributed by atoms with Crippen molar-refractivity contribution in [3.63, 3.8) is 0 Å². The molecule has 1 saturated heterocycles. The molecule has 0 aliphatic carbocycles. The highest BCUT2D eigenvalue weighted by Gasteiger charge is 2.23. The lowest BCUT2D eigenvalue weighted by Gasteiger charge is -2.16. The summed E-state index contributed by atoms with van der Waals surface area (Å²) in [5.41, 5.74) is 0. The molecule has 0 atom stereocenters. The number of aliphatic hydroxyl groups excluding tert-OH is 1. The van der Waals surface area contributed by atoms with Crippen molar-refractivity contribution in [2.45, 2.75) is 0 Å². The summed E-state index contributed by atoms with van der Waals surface area (Å²) in [7, 11) is 0. The highest BCUT2D eigenvalue weighted by atomic mass is 32.1. The minimum absolute atomic E-state index is 0.0298. The van der Waals surface area contributed by atoms with Gasteiger partial charge in [-0.25, -0.2) is 5.01 Å². The van der Waals surface area contributed by atoms with Gasteiger partial charge < -0.3 is 14.4 Å². The lowest BCUT2D eigenvalue weighted by molar-refractivity contribution is -0.402. The van der Waals surface area contributed by atoms with Crippen LogP contribution in [0.2, 0.25) is 0 Å². The van der Waals surface area contributed by atoms with Gasteiger partial charge in [0.2, 0.25) is 0 Å². The van der Waals surface area contributed by atoms with Crippen molar-refractivity contribution in [3.8, 4) is 0 Å². The zero-order chi connectivity index (χ0) is 13.8. The first-order chi connectivity index (χ1) is 9.11. The van der Waals surface area contributed by atoms with Crippen molar-refractivity contribution in [1.82, 2.24) is 9.91 Å². The predicted octanol–water partition coefficient (Wildman–Crippen LogP) is 0.417. The van der Waals surface area contributed by atoms with Gasteiger partial charge in [0.15, 0.2) is 10.9 Å². The van der Waals surface area contributed by atoms with Crippen molar-refractivity contribution in [1.29, 1.82) is 0 Å². The molecule has 0 unspecified atom stereocenters. The third kappa shape index (κ3) is 3.06. The van der Waals surface area contributed by atoms with E-state index in [1.54, 1.807) is 5.01 Å². The van der Waals surface area contributed by atoms with E-state index in [0.29, 0.717) is 24.7 Å². The molecular formula is C10H12N4O4S. The summed E-state index contributed by atoms with van der Waals surface area (Å²) in [6, 6.07) is 2.73. The van der Waals surface area contributed by atoms with E-state index in [2.05, 4.69) is 5.10 Å². The fraction of sp³-hybridized carbons (Fsp3) is 0.400. The number of hydrazone groups is 1. The molecule has 19 heavy (non-hydrogen) atoms. The Morgan fingerprint density at radius 3 is 3.00 bits per heavy atom. The molecule has 2 rings (SSSR count). The first-order valence-electron chi connectivity index (χ1n) is 5.57. The number of aliphatic hydroxyl groups is 1. The van der Waals surface area contributed by atoms with Gasteiger partial charge in [-0.15, -0.1) is 0 Å². The van der Waals surface area contributed by atoms with Gasteiger partial charge >= 0.3 is 5.88 Å². The highest BCUT2D eigenvalue weighted by molar-refractivity contribution is 7.80. The summed E-state index contributed by atoms with van der Waals surface area (Å²) in [5.74, 6) is -0.0394. The summed E-state index contributed by atoms with van der Waals surface area (Å²) in [6.45, 7) is 1.80. The molecule has 102 valence electrons. The first-order valence-corrected chi connectivity index (χ1v) is 5.98. The highest BCUT2D eigenvalue weighted by Crippen LogP contribution is 2.15. The predicted molar refractivity (Wildman–Crippen MR) is 70.9 cm³/mol. The SMILES string of the molecule is O=[N+]([O-])c1ccc(/C=N/N2CCN(CCO)C2=S)o1. The first kappa shape index (κ1) is 13.4. The fourth-order valence-corrected chi connectivity index (χ4v) is 1.96. The van der Waals surface area contributed by atoms with Crippen molar-refractivity contribution in [2.75, 3.05) is 26.2 Å². The van der Waals surface area contributed by atoms with Gasteiger partial charge in [-0.2, -0.15) is 5.10 Å². The number of hydrogen-bond acceptors (Lipinski definition) is 6. The number of nitrogens with zero attached hydrogens (tertiary/aromatic N) is 4. The maximum atomic E-state index is 10.4. The van der Waals surface area contributed by atoms with E-state index in [4.69, 9.17) is 21.7 Å². The van der Waals surface area contributed by atoms with Crippen LogP contribution in [0.5, 0.6) is 0 Å². The number of furan rings is 1. The van der Waals surface area contributed by atoms with Gasteiger partial charge in [0.05, 0.1) is 25.4 Å². The zero-order valence-corrected chi connectivity index (χ0v) is 10.7. The van der Waals surface area contributed by atoms with Gasteiger partial charge in [-0.3, -0.25) is 10.1 Å². The average molecular weight is 284 g/mol. The zero-order valence-electron chi connectivity index (χ0n) is 9.93. The van der Waals surface area contributed by atoms with Crippen LogP contribution in [0.15, 0.2) is 21.7 Å². The van der Waals surface area contributed by atoms with Crippen molar-refractivity contribution in [2.24, 2.45) is 5.10 Å². The van der Waals surface area contributed by atoms with Gasteiger partial charge in [-0.05, 0) is 18.3 Å². The monoisotopic (exact) mass is 284 g/mol. The molecule has 1 aromatic heterocycles. The van der Waals surface area contributed by atoms with E-state index in [9.17, 15) is 10.1 Å².